The largest absolute Gasteiger partial charge is 0.468 e. The van der Waals surface area contributed by atoms with Gasteiger partial charge in [-0.25, -0.2) is 0 Å². The molecular formula is C28H26N4O3S. The molecule has 3 aromatic rings. The molecule has 2 amide bonds. The molecule has 0 saturated carbocycles. The number of rotatable bonds is 7. The van der Waals surface area contributed by atoms with Crippen molar-refractivity contribution in [1.82, 2.24) is 5.32 Å². The van der Waals surface area contributed by atoms with Crippen molar-refractivity contribution in [1.29, 1.82) is 5.26 Å². The van der Waals surface area contributed by atoms with E-state index in [9.17, 15) is 14.9 Å². The molecule has 1 aliphatic heterocycles. The molecule has 0 spiro atoms. The van der Waals surface area contributed by atoms with Crippen LogP contribution in [0.3, 0.4) is 0 Å². The molecular weight excluding hydrogens is 472 g/mol. The van der Waals surface area contributed by atoms with Crippen LogP contribution in [0.25, 0.3) is 0 Å². The fraction of sp³-hybridized carbons (Fsp3) is 0.179. The smallest absolute Gasteiger partial charge is 0.254 e. The number of dihydropyridines is 1. The van der Waals surface area contributed by atoms with Crippen molar-refractivity contribution in [2.75, 3.05) is 16.4 Å². The number of hydrogen-bond donors (Lipinski definition) is 3. The van der Waals surface area contributed by atoms with Crippen LogP contribution in [0, 0.1) is 25.2 Å². The Balaban J connectivity index is 1.59. The van der Waals surface area contributed by atoms with Gasteiger partial charge in [0.05, 0.1) is 40.2 Å². The Kier molecular flexibility index (Phi) is 7.62. The minimum absolute atomic E-state index is 0.0876. The van der Waals surface area contributed by atoms with Gasteiger partial charge in [-0.3, -0.25) is 9.59 Å². The molecule has 0 bridgehead atoms. The van der Waals surface area contributed by atoms with Gasteiger partial charge in [0.2, 0.25) is 5.91 Å². The minimum Gasteiger partial charge on any atom is -0.468 e. The van der Waals surface area contributed by atoms with Gasteiger partial charge in [-0.05, 0) is 62.2 Å². The maximum absolute atomic E-state index is 13.4. The van der Waals surface area contributed by atoms with E-state index < -0.39 is 5.92 Å². The number of nitrogens with one attached hydrogen (secondary N) is 3. The first-order valence-corrected chi connectivity index (χ1v) is 12.4. The number of anilines is 2. The highest BCUT2D eigenvalue weighted by atomic mass is 32.2. The second kappa shape index (κ2) is 11.0. The van der Waals surface area contributed by atoms with Gasteiger partial charge in [0.1, 0.15) is 5.76 Å². The van der Waals surface area contributed by atoms with E-state index in [1.807, 2.05) is 62.4 Å². The number of benzene rings is 2. The van der Waals surface area contributed by atoms with Gasteiger partial charge in [-0.2, -0.15) is 5.26 Å². The lowest BCUT2D eigenvalue weighted by Crippen LogP contribution is -2.31. The standard InChI is InChI=1S/C28H26N4O3S/c1-17-8-6-10-20(14-17)31-24(33)16-36-28-21(15-29)26(23-12-7-13-35-23)25(19(3)30-28)27(34)32-22-11-5-4-9-18(22)2/h4-14,26,30H,16H2,1-3H3,(H,31,33)(H,32,34)/t26-/m1/s1. The Bertz CT molecular complexity index is 1400. The molecule has 0 aliphatic carbocycles. The quantitative estimate of drug-likeness (QED) is 0.391. The SMILES string of the molecule is CC1=C(C(=O)Nc2ccccc2C)[C@@H](c2ccco2)C(C#N)=C(SCC(=O)Nc2cccc(C)c2)N1. The number of aryl methyl sites for hydroxylation is 2. The molecule has 0 radical (unpaired) electrons. The van der Waals surface area contributed by atoms with Crippen LogP contribution in [0.2, 0.25) is 0 Å². The Morgan fingerprint density at radius 1 is 1.06 bits per heavy atom. The monoisotopic (exact) mass is 498 g/mol. The first kappa shape index (κ1) is 24.9. The molecule has 3 N–H and O–H groups in total. The lowest BCUT2D eigenvalue weighted by Gasteiger charge is -2.28. The Labute approximate surface area is 214 Å². The number of allylic oxidation sites excluding steroid dienone is 2. The predicted octanol–water partition coefficient (Wildman–Crippen LogP) is 5.60. The first-order valence-electron chi connectivity index (χ1n) is 11.4. The van der Waals surface area contributed by atoms with Gasteiger partial charge in [0.15, 0.2) is 0 Å². The van der Waals surface area contributed by atoms with Crippen LogP contribution >= 0.6 is 11.8 Å². The number of hydrogen-bond acceptors (Lipinski definition) is 6. The highest BCUT2D eigenvalue weighted by Crippen LogP contribution is 2.41. The van der Waals surface area contributed by atoms with Gasteiger partial charge in [-0.1, -0.05) is 42.1 Å². The van der Waals surface area contributed by atoms with E-state index in [0.29, 0.717) is 39.0 Å². The van der Waals surface area contributed by atoms with Crippen molar-refractivity contribution in [3.05, 3.63) is 106 Å². The summed E-state index contributed by atoms with van der Waals surface area (Å²) in [6, 6.07) is 20.8. The number of nitrogens with zero attached hydrogens (tertiary/aromatic N) is 1. The molecule has 1 atom stereocenters. The molecule has 4 rings (SSSR count). The summed E-state index contributed by atoms with van der Waals surface area (Å²) in [5.74, 6) is -0.673. The third-order valence-corrected chi connectivity index (χ3v) is 6.78. The fourth-order valence-electron chi connectivity index (χ4n) is 4.03. The van der Waals surface area contributed by atoms with Crippen molar-refractivity contribution in [3.63, 3.8) is 0 Å². The first-order chi connectivity index (χ1) is 17.4. The van der Waals surface area contributed by atoms with Gasteiger partial charge in [0.25, 0.3) is 5.91 Å². The summed E-state index contributed by atoms with van der Waals surface area (Å²) in [7, 11) is 0. The highest BCUT2D eigenvalue weighted by molar-refractivity contribution is 8.03. The zero-order valence-corrected chi connectivity index (χ0v) is 21.0. The summed E-state index contributed by atoms with van der Waals surface area (Å²) in [6.07, 6.45) is 1.51. The van der Waals surface area contributed by atoms with E-state index in [0.717, 1.165) is 11.1 Å². The van der Waals surface area contributed by atoms with Crippen LogP contribution in [-0.2, 0) is 9.59 Å². The van der Waals surface area contributed by atoms with E-state index in [-0.39, 0.29) is 17.6 Å². The van der Waals surface area contributed by atoms with Crippen LogP contribution in [0.1, 0.15) is 29.7 Å². The summed E-state index contributed by atoms with van der Waals surface area (Å²) in [5.41, 5.74) is 4.67. The van der Waals surface area contributed by atoms with Crippen LogP contribution in [0.4, 0.5) is 11.4 Å². The second-order valence-corrected chi connectivity index (χ2v) is 9.43. The molecule has 1 aliphatic rings. The number of carbonyl (C=O) groups excluding carboxylic acids is 2. The fourth-order valence-corrected chi connectivity index (χ4v) is 4.92. The third-order valence-electron chi connectivity index (χ3n) is 5.76. The Morgan fingerprint density at radius 2 is 1.86 bits per heavy atom. The van der Waals surface area contributed by atoms with Crippen LogP contribution in [0.15, 0.2) is 93.2 Å². The molecule has 7 nitrogen and oxygen atoms in total. The lowest BCUT2D eigenvalue weighted by atomic mass is 9.85. The molecule has 0 fully saturated rings. The summed E-state index contributed by atoms with van der Waals surface area (Å²) >= 11 is 1.21. The molecule has 0 unspecified atom stereocenters. The average Bonchev–Trinajstić information content (AvgIpc) is 3.38. The second-order valence-electron chi connectivity index (χ2n) is 8.44. The maximum Gasteiger partial charge on any atom is 0.254 e. The van der Waals surface area contributed by atoms with Crippen molar-refractivity contribution >= 4 is 35.0 Å². The lowest BCUT2D eigenvalue weighted by molar-refractivity contribution is -0.114. The zero-order chi connectivity index (χ0) is 25.7. The zero-order valence-electron chi connectivity index (χ0n) is 20.2. The van der Waals surface area contributed by atoms with Crippen molar-refractivity contribution < 1.29 is 14.0 Å². The van der Waals surface area contributed by atoms with Gasteiger partial charge < -0.3 is 20.4 Å². The minimum atomic E-state index is -0.711. The predicted molar refractivity (Wildman–Crippen MR) is 142 cm³/mol. The molecule has 182 valence electrons. The van der Waals surface area contributed by atoms with Crippen LogP contribution in [0.5, 0.6) is 0 Å². The van der Waals surface area contributed by atoms with Gasteiger partial charge in [-0.15, -0.1) is 0 Å². The molecule has 36 heavy (non-hydrogen) atoms. The highest BCUT2D eigenvalue weighted by Gasteiger charge is 2.36. The number of para-hydroxylation sites is 1. The summed E-state index contributed by atoms with van der Waals surface area (Å²) < 4.78 is 5.66. The van der Waals surface area contributed by atoms with E-state index in [2.05, 4.69) is 22.0 Å². The topological polar surface area (TPSA) is 107 Å². The summed E-state index contributed by atoms with van der Waals surface area (Å²) in [6.45, 7) is 5.65. The number of furan rings is 1. The molecule has 1 aromatic heterocycles. The number of carbonyl (C=O) groups is 2. The van der Waals surface area contributed by atoms with E-state index in [4.69, 9.17) is 4.42 Å². The van der Waals surface area contributed by atoms with E-state index in [1.54, 1.807) is 19.1 Å². The summed E-state index contributed by atoms with van der Waals surface area (Å²) in [5, 5.41) is 19.7. The number of thioether (sulfide) groups is 1. The summed E-state index contributed by atoms with van der Waals surface area (Å²) in [4.78, 5) is 26.0. The normalized spacial score (nSPS) is 15.2. The molecule has 0 saturated heterocycles. The van der Waals surface area contributed by atoms with E-state index >= 15 is 0 Å². The third kappa shape index (κ3) is 5.53. The van der Waals surface area contributed by atoms with Crippen LogP contribution < -0.4 is 16.0 Å². The van der Waals surface area contributed by atoms with Gasteiger partial charge >= 0.3 is 0 Å². The average molecular weight is 499 g/mol. The Morgan fingerprint density at radius 3 is 2.56 bits per heavy atom. The van der Waals surface area contributed by atoms with Crippen molar-refractivity contribution in [3.8, 4) is 6.07 Å². The van der Waals surface area contributed by atoms with Crippen molar-refractivity contribution in [2.45, 2.75) is 26.7 Å². The molecule has 2 aromatic carbocycles. The number of amides is 2. The van der Waals surface area contributed by atoms with E-state index in [1.165, 1.54) is 18.0 Å². The molecule has 8 heteroatoms. The molecule has 2 heterocycles. The number of nitriles is 1. The van der Waals surface area contributed by atoms with Gasteiger partial charge in [0, 0.05) is 17.1 Å². The maximum atomic E-state index is 13.4. The Hall–Kier alpha value is -4.22. The van der Waals surface area contributed by atoms with Crippen molar-refractivity contribution in [2.24, 2.45) is 0 Å². The van der Waals surface area contributed by atoms with Crippen LogP contribution in [-0.4, -0.2) is 17.6 Å².